The molecule has 1 unspecified atom stereocenters. The molecular formula is C18H25N5O2. The lowest BCUT2D eigenvalue weighted by Crippen LogP contribution is -2.40. The molecule has 1 fully saturated rings. The van der Waals surface area contributed by atoms with Gasteiger partial charge in [0.1, 0.15) is 0 Å². The second-order valence-electron chi connectivity index (χ2n) is 7.46. The molecule has 1 aromatic carbocycles. The minimum Gasteiger partial charge on any atom is -0.344 e. The predicted octanol–water partition coefficient (Wildman–Crippen LogP) is 2.82. The first-order valence-corrected chi connectivity index (χ1v) is 8.45. The maximum Gasteiger partial charge on any atom is 0.318 e. The number of amides is 2. The highest BCUT2D eigenvalue weighted by molar-refractivity contribution is 5.75. The molecule has 2 amide bonds. The molecule has 1 saturated heterocycles. The summed E-state index contributed by atoms with van der Waals surface area (Å²) in [6.45, 7) is 5.32. The number of urea groups is 1. The number of anilines is 1. The van der Waals surface area contributed by atoms with E-state index in [1.54, 1.807) is 4.90 Å². The van der Waals surface area contributed by atoms with Crippen molar-refractivity contribution in [1.29, 1.82) is 0 Å². The quantitative estimate of drug-likeness (QED) is 0.924. The molecule has 1 aliphatic rings. The van der Waals surface area contributed by atoms with Gasteiger partial charge in [-0.2, -0.15) is 4.98 Å². The third kappa shape index (κ3) is 3.92. The number of rotatable bonds is 4. The fourth-order valence-corrected chi connectivity index (χ4v) is 3.21. The van der Waals surface area contributed by atoms with Crippen molar-refractivity contribution in [2.75, 3.05) is 25.5 Å². The van der Waals surface area contributed by atoms with Gasteiger partial charge in [0.2, 0.25) is 5.89 Å². The number of aromatic nitrogens is 2. The Morgan fingerprint density at radius 1 is 1.36 bits per heavy atom. The molecule has 0 radical (unpaired) electrons. The highest BCUT2D eigenvalue weighted by Crippen LogP contribution is 2.42. The summed E-state index contributed by atoms with van der Waals surface area (Å²) in [5.74, 6) is 0.889. The minimum absolute atomic E-state index is 0.0798. The molecule has 0 spiro atoms. The van der Waals surface area contributed by atoms with Crippen LogP contribution in [0, 0.1) is 5.41 Å². The molecule has 7 heteroatoms. The van der Waals surface area contributed by atoms with Gasteiger partial charge in [0, 0.05) is 20.6 Å². The van der Waals surface area contributed by atoms with Crippen LogP contribution in [0.15, 0.2) is 34.9 Å². The van der Waals surface area contributed by atoms with Crippen molar-refractivity contribution in [1.82, 2.24) is 20.4 Å². The van der Waals surface area contributed by atoms with Gasteiger partial charge in [-0.1, -0.05) is 44.2 Å². The topological polar surface area (TPSA) is 74.5 Å². The van der Waals surface area contributed by atoms with Crippen LogP contribution in [0.1, 0.15) is 37.8 Å². The van der Waals surface area contributed by atoms with Gasteiger partial charge in [0.15, 0.2) is 0 Å². The minimum atomic E-state index is -0.107. The van der Waals surface area contributed by atoms with Crippen LogP contribution < -0.4 is 10.2 Å². The Labute approximate surface area is 148 Å². The fraction of sp³-hybridized carbons (Fsp3) is 0.500. The summed E-state index contributed by atoms with van der Waals surface area (Å²) in [6, 6.07) is 10.1. The van der Waals surface area contributed by atoms with Gasteiger partial charge in [-0.25, -0.2) is 4.79 Å². The number of nitrogens with zero attached hydrogens (tertiary/aromatic N) is 4. The van der Waals surface area contributed by atoms with Crippen molar-refractivity contribution < 1.29 is 9.32 Å². The van der Waals surface area contributed by atoms with Crippen LogP contribution >= 0.6 is 0 Å². The van der Waals surface area contributed by atoms with E-state index in [1.165, 1.54) is 0 Å². The molecule has 7 nitrogen and oxygen atoms in total. The first-order valence-electron chi connectivity index (χ1n) is 8.45. The lowest BCUT2D eigenvalue weighted by Gasteiger charge is -2.25. The normalized spacial score (nSPS) is 19.0. The van der Waals surface area contributed by atoms with Crippen LogP contribution in [0.4, 0.5) is 10.7 Å². The predicted molar refractivity (Wildman–Crippen MR) is 95.1 cm³/mol. The third-order valence-electron chi connectivity index (χ3n) is 4.41. The third-order valence-corrected chi connectivity index (χ3v) is 4.41. The molecular weight excluding hydrogens is 318 g/mol. The lowest BCUT2D eigenvalue weighted by atomic mass is 9.89. The van der Waals surface area contributed by atoms with Gasteiger partial charge >= 0.3 is 6.03 Å². The molecule has 1 N–H and O–H groups in total. The SMILES string of the molecule is CN(C)c1noc(CNC(=O)N2CC(C)(C)CC2c2ccccc2)n1. The van der Waals surface area contributed by atoms with Crippen molar-refractivity contribution in [3.05, 3.63) is 41.8 Å². The van der Waals surface area contributed by atoms with E-state index in [1.807, 2.05) is 37.2 Å². The lowest BCUT2D eigenvalue weighted by molar-refractivity contribution is 0.187. The maximum absolute atomic E-state index is 12.7. The molecule has 1 aliphatic heterocycles. The van der Waals surface area contributed by atoms with Crippen molar-refractivity contribution >= 4 is 12.0 Å². The van der Waals surface area contributed by atoms with E-state index in [9.17, 15) is 4.79 Å². The number of carbonyl (C=O) groups is 1. The molecule has 0 aliphatic carbocycles. The molecule has 2 aromatic rings. The van der Waals surface area contributed by atoms with Crippen molar-refractivity contribution in [2.45, 2.75) is 32.9 Å². The van der Waals surface area contributed by atoms with E-state index in [4.69, 9.17) is 4.52 Å². The number of benzene rings is 1. The van der Waals surface area contributed by atoms with E-state index in [-0.39, 0.29) is 24.0 Å². The van der Waals surface area contributed by atoms with Crippen molar-refractivity contribution in [3.63, 3.8) is 0 Å². The van der Waals surface area contributed by atoms with Gasteiger partial charge < -0.3 is 19.6 Å². The van der Waals surface area contributed by atoms with E-state index in [0.29, 0.717) is 18.4 Å². The first kappa shape index (κ1) is 17.3. The Morgan fingerprint density at radius 3 is 2.72 bits per heavy atom. The Hall–Kier alpha value is -2.57. The van der Waals surface area contributed by atoms with Crippen molar-refractivity contribution in [2.24, 2.45) is 5.41 Å². The smallest absolute Gasteiger partial charge is 0.318 e. The first-order chi connectivity index (χ1) is 11.9. The summed E-state index contributed by atoms with van der Waals surface area (Å²) in [4.78, 5) is 20.6. The Morgan fingerprint density at radius 2 is 2.08 bits per heavy atom. The number of hydrogen-bond donors (Lipinski definition) is 1. The largest absolute Gasteiger partial charge is 0.344 e. The highest BCUT2D eigenvalue weighted by atomic mass is 16.5. The molecule has 1 aromatic heterocycles. The fourth-order valence-electron chi connectivity index (χ4n) is 3.21. The summed E-state index contributed by atoms with van der Waals surface area (Å²) >= 11 is 0. The van der Waals surface area contributed by atoms with Gasteiger partial charge in [-0.05, 0) is 22.6 Å². The zero-order chi connectivity index (χ0) is 18.0. The number of hydrogen-bond acceptors (Lipinski definition) is 5. The van der Waals surface area contributed by atoms with E-state index in [2.05, 4.69) is 41.4 Å². The van der Waals surface area contributed by atoms with Crippen LogP contribution in [-0.2, 0) is 6.54 Å². The highest BCUT2D eigenvalue weighted by Gasteiger charge is 2.40. The van der Waals surface area contributed by atoms with Crippen LogP contribution in [0.5, 0.6) is 0 Å². The van der Waals surface area contributed by atoms with Gasteiger partial charge in [-0.3, -0.25) is 0 Å². The zero-order valence-corrected chi connectivity index (χ0v) is 15.2. The molecule has 0 bridgehead atoms. The Bertz CT molecular complexity index is 726. The molecule has 25 heavy (non-hydrogen) atoms. The number of likely N-dealkylation sites (tertiary alicyclic amines) is 1. The van der Waals surface area contributed by atoms with Gasteiger partial charge in [-0.15, -0.1) is 0 Å². The molecule has 0 saturated carbocycles. The molecule has 3 rings (SSSR count). The summed E-state index contributed by atoms with van der Waals surface area (Å²) in [7, 11) is 3.67. The standard InChI is InChI=1S/C18H25N5O2/c1-18(2)10-14(13-8-6-5-7-9-13)23(12-18)17(24)19-11-15-20-16(21-25-15)22(3)4/h5-9,14H,10-12H2,1-4H3,(H,19,24). The molecule has 1 atom stereocenters. The summed E-state index contributed by atoms with van der Waals surface area (Å²) in [5, 5.41) is 6.75. The van der Waals surface area contributed by atoms with Crippen molar-refractivity contribution in [3.8, 4) is 0 Å². The second-order valence-corrected chi connectivity index (χ2v) is 7.46. The molecule has 2 heterocycles. The number of nitrogens with one attached hydrogen (secondary N) is 1. The maximum atomic E-state index is 12.7. The van der Waals surface area contributed by atoms with E-state index in [0.717, 1.165) is 12.0 Å². The average molecular weight is 343 g/mol. The average Bonchev–Trinajstić information content (AvgIpc) is 3.17. The van der Waals surface area contributed by atoms with Crippen LogP contribution in [-0.4, -0.2) is 41.7 Å². The van der Waals surface area contributed by atoms with Crippen LogP contribution in [0.2, 0.25) is 0 Å². The van der Waals surface area contributed by atoms with Crippen LogP contribution in [0.3, 0.4) is 0 Å². The number of carbonyl (C=O) groups excluding carboxylic acids is 1. The van der Waals surface area contributed by atoms with E-state index >= 15 is 0 Å². The zero-order valence-electron chi connectivity index (χ0n) is 15.2. The summed E-state index contributed by atoms with van der Waals surface area (Å²) < 4.78 is 5.16. The van der Waals surface area contributed by atoms with E-state index < -0.39 is 0 Å². The van der Waals surface area contributed by atoms with Gasteiger partial charge in [0.05, 0.1) is 12.6 Å². The Kier molecular flexibility index (Phi) is 4.65. The summed E-state index contributed by atoms with van der Waals surface area (Å²) in [5.41, 5.74) is 1.25. The second kappa shape index (κ2) is 6.74. The summed E-state index contributed by atoms with van der Waals surface area (Å²) in [6.07, 6.45) is 0.940. The Balaban J connectivity index is 1.68. The monoisotopic (exact) mass is 343 g/mol. The van der Waals surface area contributed by atoms with Crippen LogP contribution in [0.25, 0.3) is 0 Å². The van der Waals surface area contributed by atoms with Gasteiger partial charge in [0.25, 0.3) is 5.95 Å². The molecule has 134 valence electrons.